The number of nitrogens with two attached hydrogens (primary N) is 1. The lowest BCUT2D eigenvalue weighted by atomic mass is 9.99. The second kappa shape index (κ2) is 5.40. The molecular formula is C16H16F2N4O3. The first-order valence-electron chi connectivity index (χ1n) is 8.03. The number of carbonyl (C=O) groups excluding carboxylic acids is 3. The molecule has 132 valence electrons. The summed E-state index contributed by atoms with van der Waals surface area (Å²) >= 11 is 0. The summed E-state index contributed by atoms with van der Waals surface area (Å²) in [7, 11) is 0. The van der Waals surface area contributed by atoms with E-state index in [2.05, 4.69) is 0 Å². The van der Waals surface area contributed by atoms with E-state index in [0.717, 1.165) is 18.9 Å². The molecule has 0 bridgehead atoms. The summed E-state index contributed by atoms with van der Waals surface area (Å²) in [6, 6.07) is 0.310. The zero-order valence-electron chi connectivity index (χ0n) is 13.2. The van der Waals surface area contributed by atoms with E-state index in [4.69, 9.17) is 5.73 Å². The van der Waals surface area contributed by atoms with E-state index in [0.29, 0.717) is 0 Å². The Kier molecular flexibility index (Phi) is 3.41. The van der Waals surface area contributed by atoms with Crippen molar-refractivity contribution < 1.29 is 23.2 Å². The van der Waals surface area contributed by atoms with Gasteiger partial charge in [0.1, 0.15) is 6.04 Å². The molecule has 25 heavy (non-hydrogen) atoms. The van der Waals surface area contributed by atoms with Crippen molar-refractivity contribution >= 4 is 18.0 Å². The van der Waals surface area contributed by atoms with Gasteiger partial charge in [0.25, 0.3) is 5.91 Å². The van der Waals surface area contributed by atoms with Crippen LogP contribution in [-0.2, 0) is 4.79 Å². The van der Waals surface area contributed by atoms with Crippen molar-refractivity contribution in [1.82, 2.24) is 14.7 Å². The zero-order valence-corrected chi connectivity index (χ0v) is 13.2. The Morgan fingerprint density at radius 3 is 2.44 bits per heavy atom. The van der Waals surface area contributed by atoms with Crippen molar-refractivity contribution in [1.29, 1.82) is 0 Å². The van der Waals surface area contributed by atoms with E-state index in [1.165, 1.54) is 26.8 Å². The second-order valence-corrected chi connectivity index (χ2v) is 6.55. The predicted octanol–water partition coefficient (Wildman–Crippen LogP) is 1.20. The highest BCUT2D eigenvalue weighted by Crippen LogP contribution is 2.40. The molecule has 0 aromatic heterocycles. The van der Waals surface area contributed by atoms with Gasteiger partial charge < -0.3 is 15.5 Å². The van der Waals surface area contributed by atoms with Crippen LogP contribution >= 0.6 is 0 Å². The summed E-state index contributed by atoms with van der Waals surface area (Å²) in [5.41, 5.74) is 5.26. The number of urea groups is 2. The van der Waals surface area contributed by atoms with E-state index >= 15 is 0 Å². The van der Waals surface area contributed by atoms with E-state index in [1.807, 2.05) is 0 Å². The summed E-state index contributed by atoms with van der Waals surface area (Å²) in [6.07, 6.45) is 1.47. The number of amides is 5. The predicted molar refractivity (Wildman–Crippen MR) is 81.1 cm³/mol. The SMILES string of the molecule is NC(=O)N1CC2C(=O)N(C3CC3)C(=O)N2C(c2cccc(F)c2F)C1. The first-order chi connectivity index (χ1) is 11.9. The van der Waals surface area contributed by atoms with Crippen molar-refractivity contribution in [3.05, 3.63) is 35.4 Å². The molecule has 5 amide bonds. The fraction of sp³-hybridized carbons (Fsp3) is 0.438. The third-order valence-electron chi connectivity index (χ3n) is 4.97. The van der Waals surface area contributed by atoms with Gasteiger partial charge in [-0.2, -0.15) is 0 Å². The van der Waals surface area contributed by atoms with Gasteiger partial charge in [0.05, 0.1) is 12.6 Å². The topological polar surface area (TPSA) is 87.0 Å². The number of imide groups is 1. The van der Waals surface area contributed by atoms with Crippen LogP contribution in [0.1, 0.15) is 24.4 Å². The lowest BCUT2D eigenvalue weighted by Gasteiger charge is -2.41. The molecule has 9 heteroatoms. The minimum absolute atomic E-state index is 0.0451. The van der Waals surface area contributed by atoms with Gasteiger partial charge in [-0.3, -0.25) is 9.69 Å². The second-order valence-electron chi connectivity index (χ2n) is 6.55. The number of primary amides is 1. The first-order valence-corrected chi connectivity index (χ1v) is 8.03. The van der Waals surface area contributed by atoms with Crippen molar-refractivity contribution in [2.75, 3.05) is 13.1 Å². The van der Waals surface area contributed by atoms with Crippen LogP contribution < -0.4 is 5.73 Å². The van der Waals surface area contributed by atoms with Crippen LogP contribution in [0.25, 0.3) is 0 Å². The lowest BCUT2D eigenvalue weighted by Crippen LogP contribution is -2.57. The molecule has 0 radical (unpaired) electrons. The Bertz CT molecular complexity index is 783. The molecule has 4 rings (SSSR count). The molecule has 2 heterocycles. The normalized spacial score (nSPS) is 26.2. The molecule has 2 atom stereocenters. The van der Waals surface area contributed by atoms with Gasteiger partial charge in [0.15, 0.2) is 11.6 Å². The zero-order chi connectivity index (χ0) is 17.9. The molecule has 1 aliphatic carbocycles. The minimum atomic E-state index is -1.09. The van der Waals surface area contributed by atoms with Gasteiger partial charge in [0, 0.05) is 18.2 Å². The summed E-state index contributed by atoms with van der Waals surface area (Å²) in [6.45, 7) is -0.139. The maximum absolute atomic E-state index is 14.3. The number of benzene rings is 1. The van der Waals surface area contributed by atoms with Gasteiger partial charge in [-0.15, -0.1) is 0 Å². The van der Waals surface area contributed by atoms with E-state index < -0.39 is 41.7 Å². The maximum Gasteiger partial charge on any atom is 0.328 e. The molecule has 1 aromatic carbocycles. The number of rotatable bonds is 2. The highest BCUT2D eigenvalue weighted by atomic mass is 19.2. The Morgan fingerprint density at radius 1 is 1.12 bits per heavy atom. The third kappa shape index (κ3) is 2.33. The Morgan fingerprint density at radius 2 is 1.80 bits per heavy atom. The first kappa shape index (κ1) is 15.8. The molecule has 2 saturated heterocycles. The average molecular weight is 350 g/mol. The highest BCUT2D eigenvalue weighted by Gasteiger charge is 2.56. The fourth-order valence-corrected chi connectivity index (χ4v) is 3.60. The molecule has 2 aliphatic heterocycles. The van der Waals surface area contributed by atoms with Gasteiger partial charge in [-0.1, -0.05) is 12.1 Å². The van der Waals surface area contributed by atoms with Crippen molar-refractivity contribution in [3.8, 4) is 0 Å². The number of halogens is 2. The largest absolute Gasteiger partial charge is 0.351 e. The van der Waals surface area contributed by atoms with E-state index in [-0.39, 0.29) is 24.7 Å². The maximum atomic E-state index is 14.3. The quantitative estimate of drug-likeness (QED) is 0.813. The van der Waals surface area contributed by atoms with E-state index in [1.54, 1.807) is 0 Å². The van der Waals surface area contributed by atoms with Crippen molar-refractivity contribution in [3.63, 3.8) is 0 Å². The van der Waals surface area contributed by atoms with Gasteiger partial charge in [-0.05, 0) is 18.9 Å². The highest BCUT2D eigenvalue weighted by molar-refractivity contribution is 6.05. The summed E-state index contributed by atoms with van der Waals surface area (Å²) in [5, 5.41) is 0. The number of nitrogens with zero attached hydrogens (tertiary/aromatic N) is 3. The lowest BCUT2D eigenvalue weighted by molar-refractivity contribution is -0.130. The molecule has 3 aliphatic rings. The van der Waals surface area contributed by atoms with E-state index in [9.17, 15) is 23.2 Å². The molecule has 1 aromatic rings. The van der Waals surface area contributed by atoms with Crippen LogP contribution in [0.2, 0.25) is 0 Å². The molecule has 3 fully saturated rings. The number of hydrogen-bond acceptors (Lipinski definition) is 3. The Balaban J connectivity index is 1.78. The fourth-order valence-electron chi connectivity index (χ4n) is 3.60. The third-order valence-corrected chi connectivity index (χ3v) is 4.97. The van der Waals surface area contributed by atoms with Crippen LogP contribution in [0.4, 0.5) is 18.4 Å². The van der Waals surface area contributed by atoms with Gasteiger partial charge >= 0.3 is 12.1 Å². The number of hydrogen-bond donors (Lipinski definition) is 1. The van der Waals surface area contributed by atoms with Gasteiger partial charge in [0.2, 0.25) is 0 Å². The standard InChI is InChI=1S/C16H16F2N4O3/c17-10-3-1-2-9(13(10)18)11-6-20(15(19)24)7-12-14(23)21(8-4-5-8)16(25)22(11)12/h1-3,8,11-12H,4-7H2,(H2,19,24). The van der Waals surface area contributed by atoms with Crippen LogP contribution in [0.5, 0.6) is 0 Å². The number of piperazine rings is 1. The minimum Gasteiger partial charge on any atom is -0.351 e. The molecule has 0 spiro atoms. The summed E-state index contributed by atoms with van der Waals surface area (Å²) in [4.78, 5) is 40.7. The summed E-state index contributed by atoms with van der Waals surface area (Å²) in [5.74, 6) is -2.56. The summed E-state index contributed by atoms with van der Waals surface area (Å²) < 4.78 is 28.0. The van der Waals surface area contributed by atoms with Crippen molar-refractivity contribution in [2.24, 2.45) is 5.73 Å². The Labute approximate surface area is 141 Å². The van der Waals surface area contributed by atoms with Crippen LogP contribution in [-0.4, -0.2) is 57.8 Å². The number of carbonyl (C=O) groups is 3. The van der Waals surface area contributed by atoms with Crippen LogP contribution in [0.3, 0.4) is 0 Å². The smallest absolute Gasteiger partial charge is 0.328 e. The molecular weight excluding hydrogens is 334 g/mol. The monoisotopic (exact) mass is 350 g/mol. The Hall–Kier alpha value is -2.71. The number of fused-ring (bicyclic) bond motifs is 1. The molecule has 2 N–H and O–H groups in total. The molecule has 2 unspecified atom stereocenters. The molecule has 7 nitrogen and oxygen atoms in total. The van der Waals surface area contributed by atoms with Crippen LogP contribution in [0, 0.1) is 11.6 Å². The average Bonchev–Trinajstić information content (AvgIpc) is 3.37. The molecule has 1 saturated carbocycles. The van der Waals surface area contributed by atoms with Crippen LogP contribution in [0.15, 0.2) is 18.2 Å². The van der Waals surface area contributed by atoms with Gasteiger partial charge in [-0.25, -0.2) is 18.4 Å². The van der Waals surface area contributed by atoms with Crippen molar-refractivity contribution in [2.45, 2.75) is 31.0 Å².